The molecule has 0 unspecified atom stereocenters. The SMILES string of the molecule is C[NH+]1CCN(C(=S)Nc2ccc(Br)cc2Cl)CC1. The molecule has 0 spiro atoms. The second-order valence-electron chi connectivity index (χ2n) is 4.50. The van der Waals surface area contributed by atoms with Crippen molar-refractivity contribution in [1.82, 2.24) is 4.90 Å². The summed E-state index contributed by atoms with van der Waals surface area (Å²) in [6.45, 7) is 4.23. The summed E-state index contributed by atoms with van der Waals surface area (Å²) in [5.74, 6) is 0. The molecule has 6 heteroatoms. The third-order valence-electron chi connectivity index (χ3n) is 3.08. The second kappa shape index (κ2) is 6.19. The Kier molecular flexibility index (Phi) is 4.84. The van der Waals surface area contributed by atoms with Gasteiger partial charge in [0.05, 0.1) is 43.9 Å². The summed E-state index contributed by atoms with van der Waals surface area (Å²) in [7, 11) is 2.21. The summed E-state index contributed by atoms with van der Waals surface area (Å²) >= 11 is 15.0. The number of thiocarbonyl (C=S) groups is 1. The summed E-state index contributed by atoms with van der Waals surface area (Å²) < 4.78 is 0.965. The topological polar surface area (TPSA) is 19.7 Å². The molecular weight excluding hydrogens is 334 g/mol. The molecule has 1 aliphatic heterocycles. The van der Waals surface area contributed by atoms with Gasteiger partial charge in [-0.25, -0.2) is 0 Å². The largest absolute Gasteiger partial charge is 0.338 e. The molecule has 0 amide bonds. The van der Waals surface area contributed by atoms with Gasteiger partial charge in [-0.1, -0.05) is 27.5 Å². The molecule has 1 aliphatic rings. The predicted octanol–water partition coefficient (Wildman–Crippen LogP) is 1.63. The lowest BCUT2D eigenvalue weighted by atomic mass is 10.3. The Hall–Kier alpha value is -0.360. The molecule has 0 aromatic heterocycles. The van der Waals surface area contributed by atoms with Crippen LogP contribution in [0.4, 0.5) is 5.69 Å². The van der Waals surface area contributed by atoms with E-state index in [9.17, 15) is 0 Å². The van der Waals surface area contributed by atoms with Crippen LogP contribution in [0.3, 0.4) is 0 Å². The molecule has 0 saturated carbocycles. The maximum atomic E-state index is 6.16. The van der Waals surface area contributed by atoms with E-state index in [2.05, 4.69) is 33.2 Å². The fourth-order valence-corrected chi connectivity index (χ4v) is 2.89. The number of anilines is 1. The molecule has 0 bridgehead atoms. The highest BCUT2D eigenvalue weighted by Crippen LogP contribution is 2.25. The highest BCUT2D eigenvalue weighted by Gasteiger charge is 2.19. The normalized spacial score (nSPS) is 16.7. The molecule has 0 radical (unpaired) electrons. The van der Waals surface area contributed by atoms with E-state index in [4.69, 9.17) is 23.8 Å². The number of halogens is 2. The van der Waals surface area contributed by atoms with Crippen LogP contribution in [0.2, 0.25) is 5.02 Å². The van der Waals surface area contributed by atoms with Crippen LogP contribution in [0.5, 0.6) is 0 Å². The lowest BCUT2D eigenvalue weighted by Crippen LogP contribution is -3.12. The van der Waals surface area contributed by atoms with Gasteiger partial charge >= 0.3 is 0 Å². The standard InChI is InChI=1S/C12H15BrClN3S/c1-16-4-6-17(7-5-16)12(18)15-11-3-2-9(13)8-10(11)14/h2-3,8H,4-7H2,1H3,(H,15,18)/p+1. The van der Waals surface area contributed by atoms with Gasteiger partial charge in [-0.2, -0.15) is 0 Å². The summed E-state index contributed by atoms with van der Waals surface area (Å²) in [5.41, 5.74) is 0.858. The van der Waals surface area contributed by atoms with E-state index in [-0.39, 0.29) is 0 Å². The zero-order valence-electron chi connectivity index (χ0n) is 10.2. The van der Waals surface area contributed by atoms with Crippen molar-refractivity contribution in [2.45, 2.75) is 0 Å². The van der Waals surface area contributed by atoms with Crippen molar-refractivity contribution < 1.29 is 4.90 Å². The van der Waals surface area contributed by atoms with Gasteiger partial charge in [0, 0.05) is 4.47 Å². The Morgan fingerprint density at radius 2 is 2.11 bits per heavy atom. The Morgan fingerprint density at radius 3 is 2.72 bits per heavy atom. The fourth-order valence-electron chi connectivity index (χ4n) is 1.88. The maximum absolute atomic E-state index is 6.16. The maximum Gasteiger partial charge on any atom is 0.173 e. The third kappa shape index (κ3) is 3.57. The van der Waals surface area contributed by atoms with Crippen LogP contribution in [0.1, 0.15) is 0 Å². The van der Waals surface area contributed by atoms with Crippen molar-refractivity contribution in [2.24, 2.45) is 0 Å². The number of hydrogen-bond donors (Lipinski definition) is 2. The van der Waals surface area contributed by atoms with E-state index >= 15 is 0 Å². The zero-order chi connectivity index (χ0) is 13.1. The quantitative estimate of drug-likeness (QED) is 0.752. The number of benzene rings is 1. The zero-order valence-corrected chi connectivity index (χ0v) is 13.3. The van der Waals surface area contributed by atoms with Gasteiger partial charge in [0.25, 0.3) is 0 Å². The van der Waals surface area contributed by atoms with Crippen LogP contribution in [-0.4, -0.2) is 43.2 Å². The lowest BCUT2D eigenvalue weighted by molar-refractivity contribution is -0.883. The van der Waals surface area contributed by atoms with E-state index in [1.165, 1.54) is 0 Å². The number of piperazine rings is 1. The van der Waals surface area contributed by atoms with Crippen molar-refractivity contribution in [3.8, 4) is 0 Å². The van der Waals surface area contributed by atoms with Gasteiger partial charge in [0.1, 0.15) is 0 Å². The Morgan fingerprint density at radius 1 is 1.44 bits per heavy atom. The number of hydrogen-bond acceptors (Lipinski definition) is 1. The number of nitrogens with one attached hydrogen (secondary N) is 2. The minimum Gasteiger partial charge on any atom is -0.338 e. The highest BCUT2D eigenvalue weighted by molar-refractivity contribution is 9.10. The second-order valence-corrected chi connectivity index (χ2v) is 6.21. The van der Waals surface area contributed by atoms with E-state index in [1.807, 2.05) is 18.2 Å². The van der Waals surface area contributed by atoms with Gasteiger partial charge in [-0.05, 0) is 30.4 Å². The average molecular weight is 350 g/mol. The first-order chi connectivity index (χ1) is 8.56. The van der Waals surface area contributed by atoms with E-state index < -0.39 is 0 Å². The van der Waals surface area contributed by atoms with Gasteiger partial charge in [0.2, 0.25) is 0 Å². The van der Waals surface area contributed by atoms with E-state index in [0.29, 0.717) is 5.02 Å². The van der Waals surface area contributed by atoms with Crippen LogP contribution in [0, 0.1) is 0 Å². The molecule has 18 heavy (non-hydrogen) atoms. The Balaban J connectivity index is 1.98. The molecular formula is C12H16BrClN3S+. The van der Waals surface area contributed by atoms with Crippen LogP contribution in [-0.2, 0) is 0 Å². The van der Waals surface area contributed by atoms with Crippen LogP contribution in [0.25, 0.3) is 0 Å². The molecule has 1 fully saturated rings. The molecule has 2 rings (SSSR count). The minimum atomic E-state index is 0.673. The summed E-state index contributed by atoms with van der Waals surface area (Å²) in [6.07, 6.45) is 0. The van der Waals surface area contributed by atoms with Gasteiger partial charge in [-0.15, -0.1) is 0 Å². The first-order valence-electron chi connectivity index (χ1n) is 5.88. The number of quaternary nitrogens is 1. The molecule has 1 aromatic carbocycles. The van der Waals surface area contributed by atoms with Crippen LogP contribution in [0.15, 0.2) is 22.7 Å². The fraction of sp³-hybridized carbons (Fsp3) is 0.417. The van der Waals surface area contributed by atoms with Crippen molar-refractivity contribution >= 4 is 50.5 Å². The monoisotopic (exact) mass is 348 g/mol. The molecule has 98 valence electrons. The summed E-state index contributed by atoms with van der Waals surface area (Å²) in [5, 5.41) is 4.65. The van der Waals surface area contributed by atoms with Crippen molar-refractivity contribution in [1.29, 1.82) is 0 Å². The average Bonchev–Trinajstić information content (AvgIpc) is 2.33. The molecule has 1 heterocycles. The third-order valence-corrected chi connectivity index (χ3v) is 4.24. The molecule has 2 N–H and O–H groups in total. The van der Waals surface area contributed by atoms with E-state index in [1.54, 1.807) is 4.90 Å². The first kappa shape index (κ1) is 14.1. The van der Waals surface area contributed by atoms with E-state index in [0.717, 1.165) is 41.5 Å². The summed E-state index contributed by atoms with van der Waals surface area (Å²) in [6, 6.07) is 5.74. The van der Waals surface area contributed by atoms with Gasteiger partial charge in [-0.3, -0.25) is 0 Å². The van der Waals surface area contributed by atoms with Crippen LogP contribution >= 0.6 is 39.7 Å². The minimum absolute atomic E-state index is 0.673. The van der Waals surface area contributed by atoms with Crippen molar-refractivity contribution in [3.05, 3.63) is 27.7 Å². The summed E-state index contributed by atoms with van der Waals surface area (Å²) in [4.78, 5) is 3.75. The molecule has 0 atom stereocenters. The Labute approximate surface area is 126 Å². The van der Waals surface area contributed by atoms with Crippen molar-refractivity contribution in [2.75, 3.05) is 38.5 Å². The molecule has 1 aromatic rings. The molecule has 3 nitrogen and oxygen atoms in total. The highest BCUT2D eigenvalue weighted by atomic mass is 79.9. The van der Waals surface area contributed by atoms with Gasteiger partial charge in [0.15, 0.2) is 5.11 Å². The Bertz CT molecular complexity index is 447. The van der Waals surface area contributed by atoms with Crippen molar-refractivity contribution in [3.63, 3.8) is 0 Å². The number of rotatable bonds is 1. The number of likely N-dealkylation sites (N-methyl/N-ethyl adjacent to an activating group) is 1. The molecule has 1 saturated heterocycles. The van der Waals surface area contributed by atoms with Gasteiger partial charge < -0.3 is 15.1 Å². The first-order valence-corrected chi connectivity index (χ1v) is 7.46. The molecule has 0 aliphatic carbocycles. The predicted molar refractivity (Wildman–Crippen MR) is 83.6 cm³/mol. The smallest absolute Gasteiger partial charge is 0.173 e. The lowest BCUT2D eigenvalue weighted by Gasteiger charge is -2.32. The van der Waals surface area contributed by atoms with Crippen LogP contribution < -0.4 is 10.2 Å². The number of nitrogens with zero attached hydrogens (tertiary/aromatic N) is 1.